The molecule has 0 aromatic carbocycles. The van der Waals surface area contributed by atoms with Crippen LogP contribution in [0.1, 0.15) is 31.1 Å². The van der Waals surface area contributed by atoms with Gasteiger partial charge in [-0.25, -0.2) is 0 Å². The van der Waals surface area contributed by atoms with Crippen LogP contribution < -0.4 is 5.73 Å². The molecule has 1 aliphatic rings. The Morgan fingerprint density at radius 3 is 2.71 bits per heavy atom. The van der Waals surface area contributed by atoms with Crippen LogP contribution in [-0.2, 0) is 0 Å². The Balaban J connectivity index is 2.11. The molecule has 0 amide bonds. The first-order valence-corrected chi connectivity index (χ1v) is 4.68. The molecular weight excluding hydrogens is 184 g/mol. The molecule has 1 aromatic heterocycles. The predicted octanol–water partition coefficient (Wildman–Crippen LogP) is 1.99. The fourth-order valence-corrected chi connectivity index (χ4v) is 1.65. The molecule has 0 bridgehead atoms. The number of rotatable bonds is 3. The van der Waals surface area contributed by atoms with Gasteiger partial charge in [-0.2, -0.15) is 0 Å². The molecule has 1 saturated carbocycles. The Morgan fingerprint density at radius 1 is 1.57 bits per heavy atom. The summed E-state index contributed by atoms with van der Waals surface area (Å²) in [4.78, 5) is 9.82. The average Bonchev–Trinajstić information content (AvgIpc) is 2.48. The first-order chi connectivity index (χ1) is 6.68. The van der Waals surface area contributed by atoms with Crippen LogP contribution in [0.2, 0.25) is 0 Å². The standard InChI is InChI=1S/C9H12N2O3/c10-9(6-2-1-3-6)7-4-5-8(14-7)11(12)13/h4-6,9H,1-3,10H2/t9-/m1/s1. The summed E-state index contributed by atoms with van der Waals surface area (Å²) in [6.07, 6.45) is 3.38. The van der Waals surface area contributed by atoms with Gasteiger partial charge in [-0.1, -0.05) is 6.42 Å². The second-order valence-electron chi connectivity index (χ2n) is 3.65. The molecule has 1 heterocycles. The Labute approximate surface area is 81.0 Å². The zero-order valence-electron chi connectivity index (χ0n) is 7.68. The predicted molar refractivity (Wildman–Crippen MR) is 49.6 cm³/mol. The van der Waals surface area contributed by atoms with Crippen LogP contribution in [-0.4, -0.2) is 4.92 Å². The molecule has 2 N–H and O–H groups in total. The normalized spacial score (nSPS) is 18.9. The third kappa shape index (κ3) is 1.50. The van der Waals surface area contributed by atoms with E-state index < -0.39 is 4.92 Å². The van der Waals surface area contributed by atoms with Crippen molar-refractivity contribution in [2.75, 3.05) is 0 Å². The third-order valence-corrected chi connectivity index (χ3v) is 2.78. The Hall–Kier alpha value is -1.36. The lowest BCUT2D eigenvalue weighted by atomic mass is 9.79. The minimum absolute atomic E-state index is 0.183. The molecule has 0 saturated heterocycles. The maximum Gasteiger partial charge on any atom is 0.433 e. The maximum absolute atomic E-state index is 10.4. The number of hydrogen-bond donors (Lipinski definition) is 1. The maximum atomic E-state index is 10.4. The van der Waals surface area contributed by atoms with Crippen molar-refractivity contribution >= 4 is 5.88 Å². The van der Waals surface area contributed by atoms with Crippen LogP contribution in [0.4, 0.5) is 5.88 Å². The van der Waals surface area contributed by atoms with E-state index in [0.29, 0.717) is 11.7 Å². The van der Waals surface area contributed by atoms with E-state index in [1.807, 2.05) is 0 Å². The zero-order valence-corrected chi connectivity index (χ0v) is 7.68. The van der Waals surface area contributed by atoms with E-state index in [9.17, 15) is 10.1 Å². The molecule has 1 aromatic rings. The second kappa shape index (κ2) is 3.42. The van der Waals surface area contributed by atoms with E-state index in [0.717, 1.165) is 12.8 Å². The molecular formula is C9H12N2O3. The van der Waals surface area contributed by atoms with E-state index in [1.165, 1.54) is 12.5 Å². The van der Waals surface area contributed by atoms with Crippen molar-refractivity contribution in [2.24, 2.45) is 11.7 Å². The number of nitrogens with zero attached hydrogens (tertiary/aromatic N) is 1. The van der Waals surface area contributed by atoms with Crippen molar-refractivity contribution in [3.05, 3.63) is 28.0 Å². The van der Waals surface area contributed by atoms with Gasteiger partial charge in [0.25, 0.3) is 0 Å². The van der Waals surface area contributed by atoms with Gasteiger partial charge in [0.15, 0.2) is 0 Å². The molecule has 5 heteroatoms. The Kier molecular flexibility index (Phi) is 2.25. The van der Waals surface area contributed by atoms with Gasteiger partial charge >= 0.3 is 5.88 Å². The van der Waals surface area contributed by atoms with E-state index in [2.05, 4.69) is 0 Å². The molecule has 0 aliphatic heterocycles. The van der Waals surface area contributed by atoms with Crippen LogP contribution in [0.25, 0.3) is 0 Å². The van der Waals surface area contributed by atoms with Gasteiger partial charge in [-0.05, 0) is 24.8 Å². The van der Waals surface area contributed by atoms with Gasteiger partial charge in [0.05, 0.1) is 12.1 Å². The SMILES string of the molecule is N[C@@H](c1ccc([N+](=O)[O-])o1)C1CCC1. The highest BCUT2D eigenvalue weighted by Gasteiger charge is 2.28. The summed E-state index contributed by atoms with van der Waals surface area (Å²) in [7, 11) is 0. The quantitative estimate of drug-likeness (QED) is 0.592. The zero-order chi connectivity index (χ0) is 10.1. The lowest BCUT2D eigenvalue weighted by molar-refractivity contribution is -0.402. The molecule has 5 nitrogen and oxygen atoms in total. The van der Waals surface area contributed by atoms with Crippen molar-refractivity contribution < 1.29 is 9.34 Å². The van der Waals surface area contributed by atoms with Gasteiger partial charge in [0.1, 0.15) is 10.7 Å². The van der Waals surface area contributed by atoms with Gasteiger partial charge < -0.3 is 10.2 Å². The minimum atomic E-state index is -0.545. The highest BCUT2D eigenvalue weighted by molar-refractivity contribution is 5.20. The highest BCUT2D eigenvalue weighted by atomic mass is 16.6. The molecule has 0 radical (unpaired) electrons. The van der Waals surface area contributed by atoms with E-state index >= 15 is 0 Å². The number of nitro groups is 1. The highest BCUT2D eigenvalue weighted by Crippen LogP contribution is 2.37. The van der Waals surface area contributed by atoms with E-state index in [1.54, 1.807) is 6.07 Å². The second-order valence-corrected chi connectivity index (χ2v) is 3.65. The van der Waals surface area contributed by atoms with Crippen molar-refractivity contribution in [1.29, 1.82) is 0 Å². The summed E-state index contributed by atoms with van der Waals surface area (Å²) >= 11 is 0. The summed E-state index contributed by atoms with van der Waals surface area (Å²) in [6.45, 7) is 0. The molecule has 76 valence electrons. The molecule has 14 heavy (non-hydrogen) atoms. The fourth-order valence-electron chi connectivity index (χ4n) is 1.65. The largest absolute Gasteiger partial charge is 0.433 e. The molecule has 1 atom stereocenters. The van der Waals surface area contributed by atoms with E-state index in [4.69, 9.17) is 10.2 Å². The summed E-state index contributed by atoms with van der Waals surface area (Å²) in [5.74, 6) is 0.733. The molecule has 1 aliphatic carbocycles. The number of hydrogen-bond acceptors (Lipinski definition) is 4. The lowest BCUT2D eigenvalue weighted by Gasteiger charge is -2.29. The third-order valence-electron chi connectivity index (χ3n) is 2.78. The smallest absolute Gasteiger partial charge is 0.404 e. The van der Waals surface area contributed by atoms with Crippen LogP contribution in [0, 0.1) is 16.0 Å². The fraction of sp³-hybridized carbons (Fsp3) is 0.556. The first kappa shape index (κ1) is 9.21. The molecule has 0 unspecified atom stereocenters. The Morgan fingerprint density at radius 2 is 2.29 bits per heavy atom. The van der Waals surface area contributed by atoms with Gasteiger partial charge in [0, 0.05) is 0 Å². The van der Waals surface area contributed by atoms with Gasteiger partial charge in [-0.15, -0.1) is 0 Å². The van der Waals surface area contributed by atoms with Crippen LogP contribution in [0.3, 0.4) is 0 Å². The topological polar surface area (TPSA) is 82.3 Å². The molecule has 1 fully saturated rings. The van der Waals surface area contributed by atoms with E-state index in [-0.39, 0.29) is 11.9 Å². The Bertz CT molecular complexity index is 344. The minimum Gasteiger partial charge on any atom is -0.404 e. The van der Waals surface area contributed by atoms with Crippen molar-refractivity contribution in [3.8, 4) is 0 Å². The van der Waals surface area contributed by atoms with Crippen molar-refractivity contribution in [1.82, 2.24) is 0 Å². The van der Waals surface area contributed by atoms with Gasteiger partial charge in [-0.3, -0.25) is 10.1 Å². The van der Waals surface area contributed by atoms with Crippen molar-refractivity contribution in [3.63, 3.8) is 0 Å². The monoisotopic (exact) mass is 196 g/mol. The number of furan rings is 1. The van der Waals surface area contributed by atoms with Crippen LogP contribution >= 0.6 is 0 Å². The lowest BCUT2D eigenvalue weighted by Crippen LogP contribution is -2.26. The van der Waals surface area contributed by atoms with Crippen LogP contribution in [0.5, 0.6) is 0 Å². The number of nitrogens with two attached hydrogens (primary N) is 1. The molecule has 2 rings (SSSR count). The average molecular weight is 196 g/mol. The first-order valence-electron chi connectivity index (χ1n) is 4.68. The van der Waals surface area contributed by atoms with Crippen molar-refractivity contribution in [2.45, 2.75) is 25.3 Å². The molecule has 0 spiro atoms. The summed E-state index contributed by atoms with van der Waals surface area (Å²) in [5.41, 5.74) is 5.90. The van der Waals surface area contributed by atoms with Crippen LogP contribution in [0.15, 0.2) is 16.5 Å². The summed E-state index contributed by atoms with van der Waals surface area (Å²) in [6, 6.07) is 2.77. The summed E-state index contributed by atoms with van der Waals surface area (Å²) < 4.78 is 5.04. The van der Waals surface area contributed by atoms with Gasteiger partial charge in [0.2, 0.25) is 0 Å². The summed E-state index contributed by atoms with van der Waals surface area (Å²) in [5, 5.41) is 10.4.